The second-order valence-electron chi connectivity index (χ2n) is 4.63. The summed E-state index contributed by atoms with van der Waals surface area (Å²) >= 11 is 0. The summed E-state index contributed by atoms with van der Waals surface area (Å²) in [6, 6.07) is 5.96. The van der Waals surface area contributed by atoms with E-state index < -0.39 is 36.0 Å². The molecular formula is C14H18N2O5. The molecule has 1 aromatic carbocycles. The van der Waals surface area contributed by atoms with Gasteiger partial charge in [-0.15, -0.1) is 0 Å². The number of carboxylic acids is 1. The molecule has 1 rings (SSSR count). The molecule has 0 aliphatic carbocycles. The van der Waals surface area contributed by atoms with Crippen LogP contribution in [0.25, 0.3) is 0 Å². The molecule has 0 saturated heterocycles. The lowest BCUT2D eigenvalue weighted by molar-refractivity contribution is -0.145. The summed E-state index contributed by atoms with van der Waals surface area (Å²) in [4.78, 5) is 34.6. The number of hydrogen-bond acceptors (Lipinski definition) is 4. The van der Waals surface area contributed by atoms with Gasteiger partial charge in [-0.3, -0.25) is 9.59 Å². The first-order valence-corrected chi connectivity index (χ1v) is 6.40. The van der Waals surface area contributed by atoms with Crippen LogP contribution < -0.4 is 10.6 Å². The van der Waals surface area contributed by atoms with E-state index in [-0.39, 0.29) is 0 Å². The molecule has 0 aliphatic heterocycles. The fourth-order valence-corrected chi connectivity index (χ4v) is 1.60. The Kier molecular flexibility index (Phi) is 5.86. The van der Waals surface area contributed by atoms with Crippen LogP contribution in [0, 0.1) is 0 Å². The van der Waals surface area contributed by atoms with Gasteiger partial charge in [0.05, 0.1) is 6.10 Å². The van der Waals surface area contributed by atoms with E-state index >= 15 is 0 Å². The van der Waals surface area contributed by atoms with Gasteiger partial charge in [-0.25, -0.2) is 4.79 Å². The molecule has 0 fully saturated rings. The molecule has 7 heteroatoms. The summed E-state index contributed by atoms with van der Waals surface area (Å²) < 4.78 is 0. The molecular weight excluding hydrogens is 276 g/mol. The summed E-state index contributed by atoms with van der Waals surface area (Å²) in [6.45, 7) is 2.68. The Balaban J connectivity index is 2.63. The molecule has 0 aromatic heterocycles. The summed E-state index contributed by atoms with van der Waals surface area (Å²) in [5, 5.41) is 22.8. The minimum Gasteiger partial charge on any atom is -0.480 e. The van der Waals surface area contributed by atoms with Crippen LogP contribution >= 0.6 is 0 Å². The van der Waals surface area contributed by atoms with E-state index in [2.05, 4.69) is 10.6 Å². The molecule has 2 amide bonds. The molecule has 114 valence electrons. The van der Waals surface area contributed by atoms with Crippen molar-refractivity contribution in [3.63, 3.8) is 0 Å². The van der Waals surface area contributed by atoms with E-state index in [0.29, 0.717) is 5.56 Å². The summed E-state index contributed by atoms with van der Waals surface area (Å²) in [7, 11) is 0. The number of rotatable bonds is 6. The van der Waals surface area contributed by atoms with Crippen LogP contribution in [0.4, 0.5) is 0 Å². The maximum absolute atomic E-state index is 11.9. The predicted octanol–water partition coefficient (Wildman–Crippen LogP) is -0.245. The maximum Gasteiger partial charge on any atom is 0.328 e. The first kappa shape index (κ1) is 16.6. The zero-order chi connectivity index (χ0) is 16.0. The zero-order valence-electron chi connectivity index (χ0n) is 11.7. The molecule has 21 heavy (non-hydrogen) atoms. The highest BCUT2D eigenvalue weighted by Crippen LogP contribution is 2.00. The Morgan fingerprint density at radius 3 is 2.10 bits per heavy atom. The predicted molar refractivity (Wildman–Crippen MR) is 74.6 cm³/mol. The first-order valence-electron chi connectivity index (χ1n) is 6.40. The molecule has 0 saturated carbocycles. The lowest BCUT2D eigenvalue weighted by Gasteiger charge is -2.20. The van der Waals surface area contributed by atoms with E-state index in [4.69, 9.17) is 5.11 Å². The van der Waals surface area contributed by atoms with Gasteiger partial charge in [0.15, 0.2) is 6.04 Å². The van der Waals surface area contributed by atoms with E-state index in [1.165, 1.54) is 13.8 Å². The number of carbonyl (C=O) groups is 3. The maximum atomic E-state index is 11.9. The van der Waals surface area contributed by atoms with Crippen LogP contribution in [0.5, 0.6) is 0 Å². The number of aliphatic hydroxyl groups excluding tert-OH is 1. The molecule has 3 unspecified atom stereocenters. The third-order valence-electron chi connectivity index (χ3n) is 2.82. The molecule has 1 aromatic rings. The van der Waals surface area contributed by atoms with Crippen molar-refractivity contribution < 1.29 is 24.6 Å². The fraction of sp³-hybridized carbons (Fsp3) is 0.357. The van der Waals surface area contributed by atoms with Crippen molar-refractivity contribution in [2.75, 3.05) is 0 Å². The Labute approximate surface area is 122 Å². The standard InChI is InChI=1S/C14H18N2O5/c1-8(12(18)16-11(9(2)17)14(20)21)15-13(19)10-6-4-3-5-7-10/h3-9,11,17H,1-2H3,(H,15,19)(H,16,18)(H,20,21). The third kappa shape index (κ3) is 4.88. The van der Waals surface area contributed by atoms with Crippen LogP contribution in [0.2, 0.25) is 0 Å². The molecule has 0 bridgehead atoms. The first-order chi connectivity index (χ1) is 9.82. The number of nitrogens with one attached hydrogen (secondary N) is 2. The second-order valence-corrected chi connectivity index (χ2v) is 4.63. The van der Waals surface area contributed by atoms with Gasteiger partial charge in [-0.2, -0.15) is 0 Å². The number of carboxylic acid groups (broad SMARTS) is 1. The van der Waals surface area contributed by atoms with Crippen LogP contribution in [-0.2, 0) is 9.59 Å². The fourth-order valence-electron chi connectivity index (χ4n) is 1.60. The minimum absolute atomic E-state index is 0.391. The lowest BCUT2D eigenvalue weighted by Crippen LogP contribution is -2.53. The van der Waals surface area contributed by atoms with Crippen LogP contribution in [0.1, 0.15) is 24.2 Å². The zero-order valence-corrected chi connectivity index (χ0v) is 11.7. The van der Waals surface area contributed by atoms with Crippen LogP contribution in [0.15, 0.2) is 30.3 Å². The van der Waals surface area contributed by atoms with Gasteiger partial charge >= 0.3 is 5.97 Å². The Morgan fingerprint density at radius 1 is 1.05 bits per heavy atom. The SMILES string of the molecule is CC(NC(=O)c1ccccc1)C(=O)NC(C(=O)O)C(C)O. The van der Waals surface area contributed by atoms with Crippen LogP contribution in [0.3, 0.4) is 0 Å². The van der Waals surface area contributed by atoms with Crippen molar-refractivity contribution >= 4 is 17.8 Å². The van der Waals surface area contributed by atoms with Gasteiger partial charge in [-0.05, 0) is 26.0 Å². The average Bonchev–Trinajstić information content (AvgIpc) is 2.44. The number of benzene rings is 1. The van der Waals surface area contributed by atoms with Gasteiger partial charge in [-0.1, -0.05) is 18.2 Å². The molecule has 0 radical (unpaired) electrons. The smallest absolute Gasteiger partial charge is 0.328 e. The van der Waals surface area contributed by atoms with Crippen molar-refractivity contribution in [1.29, 1.82) is 0 Å². The van der Waals surface area contributed by atoms with E-state index in [1.807, 2.05) is 0 Å². The van der Waals surface area contributed by atoms with Crippen molar-refractivity contribution in [1.82, 2.24) is 10.6 Å². The molecule has 0 heterocycles. The minimum atomic E-state index is -1.42. The second kappa shape index (κ2) is 7.39. The average molecular weight is 294 g/mol. The highest BCUT2D eigenvalue weighted by Gasteiger charge is 2.27. The quantitative estimate of drug-likeness (QED) is 0.577. The molecule has 0 aliphatic rings. The summed E-state index contributed by atoms with van der Waals surface area (Å²) in [5.41, 5.74) is 0.391. The Morgan fingerprint density at radius 2 is 1.62 bits per heavy atom. The van der Waals surface area contributed by atoms with E-state index in [1.54, 1.807) is 30.3 Å². The van der Waals surface area contributed by atoms with Gasteiger partial charge in [0.25, 0.3) is 5.91 Å². The molecule has 0 spiro atoms. The summed E-state index contributed by atoms with van der Waals surface area (Å²) in [6.07, 6.45) is -1.25. The van der Waals surface area contributed by atoms with Gasteiger partial charge in [0.1, 0.15) is 6.04 Å². The number of hydrogen-bond donors (Lipinski definition) is 4. The van der Waals surface area contributed by atoms with Crippen molar-refractivity contribution in [3.8, 4) is 0 Å². The van der Waals surface area contributed by atoms with Crippen molar-refractivity contribution in [2.24, 2.45) is 0 Å². The van der Waals surface area contributed by atoms with Gasteiger partial charge in [0.2, 0.25) is 5.91 Å². The number of amides is 2. The number of carbonyl (C=O) groups excluding carboxylic acids is 2. The van der Waals surface area contributed by atoms with E-state index in [0.717, 1.165) is 0 Å². The van der Waals surface area contributed by atoms with Gasteiger partial charge in [0, 0.05) is 5.56 Å². The molecule has 7 nitrogen and oxygen atoms in total. The Hall–Kier alpha value is -2.41. The number of aliphatic hydroxyl groups is 1. The molecule has 4 N–H and O–H groups in total. The lowest BCUT2D eigenvalue weighted by atomic mass is 10.1. The molecule has 3 atom stereocenters. The van der Waals surface area contributed by atoms with Crippen molar-refractivity contribution in [3.05, 3.63) is 35.9 Å². The summed E-state index contributed by atoms with van der Waals surface area (Å²) in [5.74, 6) is -2.48. The van der Waals surface area contributed by atoms with Gasteiger partial charge < -0.3 is 20.8 Å². The third-order valence-corrected chi connectivity index (χ3v) is 2.82. The topological polar surface area (TPSA) is 116 Å². The number of aliphatic carboxylic acids is 1. The van der Waals surface area contributed by atoms with E-state index in [9.17, 15) is 19.5 Å². The monoisotopic (exact) mass is 294 g/mol. The van der Waals surface area contributed by atoms with Crippen molar-refractivity contribution in [2.45, 2.75) is 32.0 Å². The normalized spacial score (nSPS) is 14.6. The largest absolute Gasteiger partial charge is 0.480 e. The Bertz CT molecular complexity index is 515. The highest BCUT2D eigenvalue weighted by molar-refractivity contribution is 5.97. The highest BCUT2D eigenvalue weighted by atomic mass is 16.4. The van der Waals surface area contributed by atoms with Crippen LogP contribution in [-0.4, -0.2) is 46.2 Å².